The van der Waals surface area contributed by atoms with E-state index >= 15 is 0 Å². The molecule has 0 aliphatic heterocycles. The number of rotatable bonds is 0. The number of tetrazole rings is 1. The second kappa shape index (κ2) is 1.59. The molecule has 2 heterocycles. The van der Waals surface area contributed by atoms with Gasteiger partial charge in [0.25, 0.3) is 0 Å². The fraction of sp³-hybridized carbons (Fsp3) is 0.333. The van der Waals surface area contributed by atoms with Crippen molar-refractivity contribution in [3.05, 3.63) is 17.8 Å². The molecule has 2 rings (SSSR count). The maximum atomic E-state index is 4.14. The molecule has 0 bridgehead atoms. The Kier molecular flexibility index (Phi) is 0.869. The van der Waals surface area contributed by atoms with E-state index in [0.717, 1.165) is 11.2 Å². The van der Waals surface area contributed by atoms with Gasteiger partial charge >= 0.3 is 0 Å². The third-order valence-electron chi connectivity index (χ3n) is 1.50. The predicted octanol–water partition coefficient (Wildman–Crippen LogP) is -0.576. The largest absolute Gasteiger partial charge is 0.332 e. The zero-order valence-corrected chi connectivity index (χ0v) is 5.94. The Bertz CT molecular complexity index is 357. The lowest BCUT2D eigenvalue weighted by atomic mass is 10.4. The van der Waals surface area contributed by atoms with Crippen LogP contribution in [0.3, 0.4) is 0 Å². The van der Waals surface area contributed by atoms with E-state index in [1.807, 2.05) is 26.2 Å². The van der Waals surface area contributed by atoms with Gasteiger partial charge in [0.2, 0.25) is 0 Å². The van der Waals surface area contributed by atoms with E-state index in [4.69, 9.17) is 0 Å². The molecule has 0 unspecified atom stereocenters. The highest BCUT2D eigenvalue weighted by Gasteiger charge is 1.93. The maximum Gasteiger partial charge on any atom is 0.0957 e. The smallest absolute Gasteiger partial charge is 0.0957 e. The molecule has 0 N–H and O–H groups in total. The molecule has 0 fully saturated rings. The Morgan fingerprint density at radius 1 is 1.70 bits per heavy atom. The van der Waals surface area contributed by atoms with Crippen LogP contribution in [0.2, 0.25) is 0 Å². The van der Waals surface area contributed by atoms with Gasteiger partial charge in [0.15, 0.2) is 0 Å². The maximum absolute atomic E-state index is 4.14. The van der Waals surface area contributed by atoms with E-state index in [0.29, 0.717) is 0 Å². The van der Waals surface area contributed by atoms with Crippen molar-refractivity contribution in [1.29, 1.82) is 0 Å². The summed E-state index contributed by atoms with van der Waals surface area (Å²) in [5.74, 6) is 0. The Morgan fingerprint density at radius 2 is 2.50 bits per heavy atom. The standard InChI is InChI=1S/C6H8N4/c1-5-3-4-10-6(5)7-9(2)8-10/h3-4H,1-2H3. The number of aromatic nitrogens is 4. The van der Waals surface area contributed by atoms with Crippen LogP contribution < -0.4 is 9.90 Å². The molecule has 0 aromatic carbocycles. The Balaban J connectivity index is 2.90. The SMILES string of the molecule is Cc1ccn2n[n+](C)[n-]c12. The van der Waals surface area contributed by atoms with Gasteiger partial charge in [-0.05, 0) is 18.7 Å². The second-order valence-corrected chi connectivity index (χ2v) is 2.35. The highest BCUT2D eigenvalue weighted by Crippen LogP contribution is 2.02. The molecule has 0 aliphatic carbocycles. The molecule has 0 saturated heterocycles. The second-order valence-electron chi connectivity index (χ2n) is 2.35. The summed E-state index contributed by atoms with van der Waals surface area (Å²) >= 11 is 0. The zero-order valence-electron chi connectivity index (χ0n) is 5.94. The summed E-state index contributed by atoms with van der Waals surface area (Å²) in [6.07, 6.45) is 1.90. The van der Waals surface area contributed by atoms with Crippen molar-refractivity contribution in [2.75, 3.05) is 0 Å². The lowest BCUT2D eigenvalue weighted by molar-refractivity contribution is -0.788. The van der Waals surface area contributed by atoms with Crippen molar-refractivity contribution in [1.82, 2.24) is 14.8 Å². The van der Waals surface area contributed by atoms with Crippen LogP contribution in [-0.4, -0.2) is 9.73 Å². The van der Waals surface area contributed by atoms with Crippen molar-refractivity contribution in [3.8, 4) is 0 Å². The first-order valence-corrected chi connectivity index (χ1v) is 3.12. The van der Waals surface area contributed by atoms with Gasteiger partial charge in [0.1, 0.15) is 0 Å². The third-order valence-corrected chi connectivity index (χ3v) is 1.50. The van der Waals surface area contributed by atoms with Gasteiger partial charge in [-0.2, -0.15) is 10.0 Å². The molecular formula is C6H8N4. The lowest BCUT2D eigenvalue weighted by Gasteiger charge is -1.83. The van der Waals surface area contributed by atoms with Crippen LogP contribution in [-0.2, 0) is 7.05 Å². The molecule has 0 amide bonds. The molecule has 52 valence electrons. The average Bonchev–Trinajstić information content (AvgIpc) is 2.35. The highest BCUT2D eigenvalue weighted by atomic mass is 15.6. The van der Waals surface area contributed by atoms with Gasteiger partial charge in [-0.3, -0.25) is 0 Å². The van der Waals surface area contributed by atoms with Crippen LogP contribution in [0.1, 0.15) is 5.56 Å². The van der Waals surface area contributed by atoms with E-state index in [9.17, 15) is 0 Å². The van der Waals surface area contributed by atoms with Gasteiger partial charge in [0, 0.05) is 0 Å². The first-order valence-electron chi connectivity index (χ1n) is 3.12. The van der Waals surface area contributed by atoms with Crippen LogP contribution >= 0.6 is 0 Å². The van der Waals surface area contributed by atoms with E-state index in [1.54, 1.807) is 9.31 Å². The van der Waals surface area contributed by atoms with Crippen molar-refractivity contribution >= 4 is 5.65 Å². The van der Waals surface area contributed by atoms with Gasteiger partial charge < -0.3 is 4.52 Å². The molecule has 4 heteroatoms. The minimum absolute atomic E-state index is 0.933. The van der Waals surface area contributed by atoms with Gasteiger partial charge in [-0.15, -0.1) is 0 Å². The van der Waals surface area contributed by atoms with Crippen LogP contribution in [0.25, 0.3) is 5.65 Å². The molecule has 0 atom stereocenters. The summed E-state index contributed by atoms with van der Waals surface area (Å²) in [6, 6.07) is 2.00. The first-order chi connectivity index (χ1) is 4.77. The van der Waals surface area contributed by atoms with Gasteiger partial charge in [-0.25, -0.2) is 5.10 Å². The van der Waals surface area contributed by atoms with Crippen molar-refractivity contribution < 1.29 is 4.80 Å². The Hall–Kier alpha value is -1.32. The minimum Gasteiger partial charge on any atom is -0.332 e. The van der Waals surface area contributed by atoms with Crippen LogP contribution in [0.4, 0.5) is 0 Å². The van der Waals surface area contributed by atoms with Crippen molar-refractivity contribution in [2.24, 2.45) is 7.05 Å². The fourth-order valence-corrected chi connectivity index (χ4v) is 1.00. The summed E-state index contributed by atoms with van der Waals surface area (Å²) in [5.41, 5.74) is 2.09. The Labute approximate surface area is 58.0 Å². The third kappa shape index (κ3) is 0.556. The predicted molar refractivity (Wildman–Crippen MR) is 34.4 cm³/mol. The molecule has 0 aliphatic rings. The van der Waals surface area contributed by atoms with E-state index in [2.05, 4.69) is 10.3 Å². The molecular weight excluding hydrogens is 128 g/mol. The molecule has 0 spiro atoms. The summed E-state index contributed by atoms with van der Waals surface area (Å²) in [4.78, 5) is 1.56. The van der Waals surface area contributed by atoms with E-state index in [1.165, 1.54) is 0 Å². The minimum atomic E-state index is 0.933. The molecule has 2 aromatic heterocycles. The number of nitrogens with zero attached hydrogens (tertiary/aromatic N) is 4. The molecule has 10 heavy (non-hydrogen) atoms. The van der Waals surface area contributed by atoms with Crippen molar-refractivity contribution in [2.45, 2.75) is 6.92 Å². The van der Waals surface area contributed by atoms with E-state index < -0.39 is 0 Å². The first kappa shape index (κ1) is 5.46. The highest BCUT2D eigenvalue weighted by molar-refractivity contribution is 5.44. The van der Waals surface area contributed by atoms with Gasteiger partial charge in [0.05, 0.1) is 12.7 Å². The molecule has 0 radical (unpaired) electrons. The summed E-state index contributed by atoms with van der Waals surface area (Å²) < 4.78 is 1.76. The Morgan fingerprint density at radius 3 is 3.20 bits per heavy atom. The summed E-state index contributed by atoms with van der Waals surface area (Å²) in [6.45, 7) is 2.02. The average molecular weight is 136 g/mol. The molecule has 2 aromatic rings. The quantitative estimate of drug-likeness (QED) is 0.454. The number of hydrogen-bond acceptors (Lipinski definition) is 1. The van der Waals surface area contributed by atoms with Gasteiger partial charge in [-0.1, -0.05) is 6.07 Å². The van der Waals surface area contributed by atoms with Crippen molar-refractivity contribution in [3.63, 3.8) is 0 Å². The summed E-state index contributed by atoms with van der Waals surface area (Å²) in [5, 5.41) is 8.20. The summed E-state index contributed by atoms with van der Waals surface area (Å²) in [7, 11) is 1.81. The van der Waals surface area contributed by atoms with Crippen LogP contribution in [0.15, 0.2) is 12.3 Å². The zero-order chi connectivity index (χ0) is 7.14. The lowest BCUT2D eigenvalue weighted by Crippen LogP contribution is -2.35. The number of hydrogen-bond donors (Lipinski definition) is 0. The van der Waals surface area contributed by atoms with E-state index in [-0.39, 0.29) is 0 Å². The topological polar surface area (TPSA) is 35.3 Å². The number of aryl methyl sites for hydroxylation is 2. The molecule has 4 nitrogen and oxygen atoms in total. The monoisotopic (exact) mass is 136 g/mol. The van der Waals surface area contributed by atoms with Crippen LogP contribution in [0, 0.1) is 6.92 Å². The van der Waals surface area contributed by atoms with Crippen LogP contribution in [0.5, 0.6) is 0 Å². The fourth-order valence-electron chi connectivity index (χ4n) is 1.00. The normalized spacial score (nSPS) is 11.0. The molecule has 0 saturated carbocycles. The number of fused-ring (bicyclic) bond motifs is 1.